The van der Waals surface area contributed by atoms with Gasteiger partial charge < -0.3 is 19.4 Å². The number of carbonyl (C=O) groups excluding carboxylic acids is 1. The first-order valence-electron chi connectivity index (χ1n) is 14.3. The average molecular weight is 580 g/mol. The van der Waals surface area contributed by atoms with Gasteiger partial charge in [-0.2, -0.15) is 15.2 Å². The standard InChI is InChI=1S/C30H38FN7O2S/c1-4-26(39)38-17-16-37(18-22(38)12-13-32)29-23-9-6-15-36(25-10-5-8-21(2)28(25)31)19-24(23)33-30(34-29)40-20-41-27-11-7-14-35(27)3/h4-5,8,10,22,27H,1,6-7,9,11-12,14-20H2,2-3H3/t22?,27-/m1/s1. The number of amides is 1. The third-order valence-corrected chi connectivity index (χ3v) is 9.46. The highest BCUT2D eigenvalue weighted by atomic mass is 32.2. The fourth-order valence-electron chi connectivity index (χ4n) is 5.99. The minimum absolute atomic E-state index is 0.167. The summed E-state index contributed by atoms with van der Waals surface area (Å²) in [6.45, 7) is 9.15. The van der Waals surface area contributed by atoms with Gasteiger partial charge in [0.1, 0.15) is 17.6 Å². The van der Waals surface area contributed by atoms with E-state index in [4.69, 9.17) is 14.7 Å². The van der Waals surface area contributed by atoms with Crippen molar-refractivity contribution in [2.75, 3.05) is 55.5 Å². The number of anilines is 2. The highest BCUT2D eigenvalue weighted by Gasteiger charge is 2.33. The lowest BCUT2D eigenvalue weighted by Gasteiger charge is -2.41. The Kier molecular flexibility index (Phi) is 9.30. The van der Waals surface area contributed by atoms with Crippen molar-refractivity contribution in [2.24, 2.45) is 0 Å². The number of aryl methyl sites for hydroxylation is 1. The van der Waals surface area contributed by atoms with E-state index in [-0.39, 0.29) is 24.2 Å². The third kappa shape index (κ3) is 6.44. The van der Waals surface area contributed by atoms with Crippen LogP contribution in [0.2, 0.25) is 0 Å². The number of halogens is 1. The number of ether oxygens (including phenoxy) is 1. The number of fused-ring (bicyclic) bond motifs is 1. The van der Waals surface area contributed by atoms with Crippen LogP contribution in [0, 0.1) is 24.1 Å². The zero-order chi connectivity index (χ0) is 28.9. The Morgan fingerprint density at radius 2 is 2.10 bits per heavy atom. The predicted octanol–water partition coefficient (Wildman–Crippen LogP) is 4.12. The van der Waals surface area contributed by atoms with Crippen LogP contribution in [0.4, 0.5) is 15.9 Å². The summed E-state index contributed by atoms with van der Waals surface area (Å²) in [5, 5.41) is 9.90. The lowest BCUT2D eigenvalue weighted by Crippen LogP contribution is -2.55. The number of likely N-dealkylation sites (tertiary alicyclic amines) is 1. The third-order valence-electron chi connectivity index (χ3n) is 8.23. The van der Waals surface area contributed by atoms with Crippen molar-refractivity contribution in [2.45, 2.75) is 57.0 Å². The highest BCUT2D eigenvalue weighted by Crippen LogP contribution is 2.33. The lowest BCUT2D eigenvalue weighted by atomic mass is 10.1. The van der Waals surface area contributed by atoms with Crippen molar-refractivity contribution < 1.29 is 13.9 Å². The van der Waals surface area contributed by atoms with Gasteiger partial charge in [0.25, 0.3) is 0 Å². The Hall–Kier alpha value is -3.36. The normalized spacial score (nSPS) is 21.3. The Balaban J connectivity index is 1.45. The summed E-state index contributed by atoms with van der Waals surface area (Å²) < 4.78 is 21.3. The molecule has 41 heavy (non-hydrogen) atoms. The number of hydrogen-bond acceptors (Lipinski definition) is 9. The smallest absolute Gasteiger partial charge is 0.319 e. The van der Waals surface area contributed by atoms with Crippen molar-refractivity contribution in [1.82, 2.24) is 19.8 Å². The number of benzene rings is 1. The minimum atomic E-state index is -0.272. The van der Waals surface area contributed by atoms with Crippen LogP contribution in [-0.4, -0.2) is 82.8 Å². The van der Waals surface area contributed by atoms with E-state index in [9.17, 15) is 10.1 Å². The fraction of sp³-hybridized carbons (Fsp3) is 0.533. The highest BCUT2D eigenvalue weighted by molar-refractivity contribution is 7.99. The van der Waals surface area contributed by atoms with Gasteiger partial charge in [-0.3, -0.25) is 9.69 Å². The van der Waals surface area contributed by atoms with Crippen molar-refractivity contribution in [1.29, 1.82) is 5.26 Å². The molecule has 2 saturated heterocycles. The molecule has 1 amide bonds. The van der Waals surface area contributed by atoms with E-state index < -0.39 is 0 Å². The SMILES string of the molecule is C=CC(=O)N1CCN(c2nc(OCS[C@@H]3CCCN3C)nc3c2CCCN(c2cccc(C)c2F)C3)CC1CC#N. The van der Waals surface area contributed by atoms with Crippen LogP contribution in [0.15, 0.2) is 30.9 Å². The molecule has 1 unspecified atom stereocenters. The zero-order valence-corrected chi connectivity index (χ0v) is 24.7. The summed E-state index contributed by atoms with van der Waals surface area (Å²) >= 11 is 1.74. The topological polar surface area (TPSA) is 88.8 Å². The molecule has 0 saturated carbocycles. The lowest BCUT2D eigenvalue weighted by molar-refractivity contribution is -0.128. The number of nitriles is 1. The molecule has 11 heteroatoms. The first-order valence-corrected chi connectivity index (χ1v) is 15.3. The van der Waals surface area contributed by atoms with Crippen LogP contribution in [-0.2, 0) is 17.8 Å². The average Bonchev–Trinajstić information content (AvgIpc) is 3.26. The second kappa shape index (κ2) is 13.1. The van der Waals surface area contributed by atoms with Crippen LogP contribution >= 0.6 is 11.8 Å². The number of carbonyl (C=O) groups is 1. The number of nitrogens with zero attached hydrogens (tertiary/aromatic N) is 7. The van der Waals surface area contributed by atoms with Crippen molar-refractivity contribution >= 4 is 29.2 Å². The van der Waals surface area contributed by atoms with E-state index in [1.165, 1.54) is 12.5 Å². The molecule has 2 atom stereocenters. The monoisotopic (exact) mass is 579 g/mol. The van der Waals surface area contributed by atoms with Crippen LogP contribution in [0.3, 0.4) is 0 Å². The molecule has 4 heterocycles. The van der Waals surface area contributed by atoms with Gasteiger partial charge in [0.15, 0.2) is 0 Å². The second-order valence-corrected chi connectivity index (χ2v) is 12.0. The molecule has 0 N–H and O–H groups in total. The molecule has 0 spiro atoms. The van der Waals surface area contributed by atoms with Gasteiger partial charge in [0.2, 0.25) is 5.91 Å². The van der Waals surface area contributed by atoms with Gasteiger partial charge in [-0.15, -0.1) is 11.8 Å². The maximum atomic E-state index is 15.2. The van der Waals surface area contributed by atoms with Gasteiger partial charge in [-0.1, -0.05) is 18.7 Å². The number of piperazine rings is 1. The molecule has 1 aromatic heterocycles. The van der Waals surface area contributed by atoms with Crippen LogP contribution < -0.4 is 14.5 Å². The molecule has 0 aliphatic carbocycles. The maximum absolute atomic E-state index is 15.2. The van der Waals surface area contributed by atoms with Gasteiger partial charge in [0, 0.05) is 31.7 Å². The van der Waals surface area contributed by atoms with E-state index in [0.717, 1.165) is 42.9 Å². The predicted molar refractivity (Wildman–Crippen MR) is 159 cm³/mol. The molecule has 1 aromatic carbocycles. The molecular weight excluding hydrogens is 541 g/mol. The summed E-state index contributed by atoms with van der Waals surface area (Å²) in [6, 6.07) is 7.76. The summed E-state index contributed by atoms with van der Waals surface area (Å²) in [4.78, 5) is 30.5. The fourth-order valence-corrected chi connectivity index (χ4v) is 7.01. The molecule has 2 aromatic rings. The molecular formula is C30H38FN7O2S. The van der Waals surface area contributed by atoms with E-state index in [1.807, 2.05) is 12.1 Å². The number of aromatic nitrogens is 2. The second-order valence-electron chi connectivity index (χ2n) is 10.9. The number of hydrogen-bond donors (Lipinski definition) is 0. The van der Waals surface area contributed by atoms with Crippen molar-refractivity contribution in [3.63, 3.8) is 0 Å². The molecule has 9 nitrogen and oxygen atoms in total. The molecule has 5 rings (SSSR count). The van der Waals surface area contributed by atoms with Crippen LogP contribution in [0.5, 0.6) is 6.01 Å². The number of rotatable bonds is 8. The molecule has 3 aliphatic heterocycles. The first-order chi connectivity index (χ1) is 19.9. The Morgan fingerprint density at radius 1 is 1.24 bits per heavy atom. The Morgan fingerprint density at radius 3 is 2.85 bits per heavy atom. The molecule has 2 fully saturated rings. The Labute approximate surface area is 246 Å². The van der Waals surface area contributed by atoms with E-state index >= 15 is 4.39 Å². The summed E-state index contributed by atoms with van der Waals surface area (Å²) in [6.07, 6.45) is 5.40. The van der Waals surface area contributed by atoms with Crippen molar-refractivity contribution in [3.8, 4) is 12.1 Å². The molecule has 0 bridgehead atoms. The minimum Gasteiger partial charge on any atom is -0.452 e. The van der Waals surface area contributed by atoms with Gasteiger partial charge in [-0.05, 0) is 63.9 Å². The van der Waals surface area contributed by atoms with Gasteiger partial charge in [-0.25, -0.2) is 4.39 Å². The number of thioether (sulfide) groups is 1. The van der Waals surface area contributed by atoms with Gasteiger partial charge >= 0.3 is 6.01 Å². The van der Waals surface area contributed by atoms with E-state index in [0.29, 0.717) is 61.3 Å². The van der Waals surface area contributed by atoms with E-state index in [2.05, 4.69) is 34.4 Å². The largest absolute Gasteiger partial charge is 0.452 e. The van der Waals surface area contributed by atoms with Crippen LogP contribution in [0.1, 0.15) is 42.5 Å². The Bertz CT molecular complexity index is 1320. The van der Waals surface area contributed by atoms with Crippen LogP contribution in [0.25, 0.3) is 0 Å². The molecule has 0 radical (unpaired) electrons. The summed E-state index contributed by atoms with van der Waals surface area (Å²) in [5.74, 6) is 0.844. The summed E-state index contributed by atoms with van der Waals surface area (Å²) in [7, 11) is 2.13. The zero-order valence-electron chi connectivity index (χ0n) is 23.9. The van der Waals surface area contributed by atoms with E-state index in [1.54, 1.807) is 29.7 Å². The summed E-state index contributed by atoms with van der Waals surface area (Å²) in [5.41, 5.74) is 3.04. The maximum Gasteiger partial charge on any atom is 0.319 e. The van der Waals surface area contributed by atoms with Crippen molar-refractivity contribution in [3.05, 3.63) is 53.5 Å². The molecule has 3 aliphatic rings. The van der Waals surface area contributed by atoms with Gasteiger partial charge in [0.05, 0.1) is 41.8 Å². The molecule has 218 valence electrons. The first kappa shape index (κ1) is 29.1. The quantitative estimate of drug-likeness (QED) is 0.339.